The molecule has 0 saturated heterocycles. The molecule has 0 spiro atoms. The van der Waals surface area contributed by atoms with Crippen molar-refractivity contribution >= 4 is 44.8 Å². The quantitative estimate of drug-likeness (QED) is 0.732. The molecule has 25 heavy (non-hydrogen) atoms. The number of hydrogen-bond acceptors (Lipinski definition) is 5. The molecule has 1 aromatic carbocycles. The molecule has 1 aliphatic rings. The van der Waals surface area contributed by atoms with Crippen molar-refractivity contribution in [2.45, 2.75) is 31.8 Å². The molecule has 0 bridgehead atoms. The van der Waals surface area contributed by atoms with Gasteiger partial charge in [-0.25, -0.2) is 9.78 Å². The number of carboxylic acids is 1. The first-order valence-corrected chi connectivity index (χ1v) is 9.69. The number of fused-ring (bicyclic) bond motifs is 1. The van der Waals surface area contributed by atoms with E-state index in [4.69, 9.17) is 0 Å². The molecule has 2 aromatic heterocycles. The fourth-order valence-electron chi connectivity index (χ4n) is 2.80. The number of nitrogens with zero attached hydrogens (tertiary/aromatic N) is 2. The van der Waals surface area contributed by atoms with E-state index in [2.05, 4.69) is 4.98 Å². The standard InChI is InChI=1S/C18H16N2O3S2/c1-10(18(22)23)20(11-6-7-11)17(21)15-9-8-14(24-15)16-19-12-4-2-3-5-13(12)25-16/h2-5,8-11H,6-7H2,1H3,(H,22,23). The first kappa shape index (κ1) is 16.2. The van der Waals surface area contributed by atoms with Gasteiger partial charge >= 0.3 is 5.97 Å². The molecular formula is C18H16N2O3S2. The predicted octanol–water partition coefficient (Wildman–Crippen LogP) is 4.10. The van der Waals surface area contributed by atoms with Gasteiger partial charge in [0.05, 0.1) is 20.0 Å². The number of hydrogen-bond donors (Lipinski definition) is 1. The van der Waals surface area contributed by atoms with Gasteiger partial charge in [-0.3, -0.25) is 4.79 Å². The first-order valence-electron chi connectivity index (χ1n) is 8.06. The molecule has 7 heteroatoms. The summed E-state index contributed by atoms with van der Waals surface area (Å²) in [6.45, 7) is 1.57. The Hall–Kier alpha value is -2.25. The van der Waals surface area contributed by atoms with Gasteiger partial charge in [0.15, 0.2) is 0 Å². The van der Waals surface area contributed by atoms with Gasteiger partial charge in [-0.1, -0.05) is 12.1 Å². The zero-order valence-corrected chi connectivity index (χ0v) is 15.1. The van der Waals surface area contributed by atoms with Gasteiger partial charge in [0.2, 0.25) is 0 Å². The molecule has 1 aliphatic carbocycles. The lowest BCUT2D eigenvalue weighted by Crippen LogP contribution is -2.44. The highest BCUT2D eigenvalue weighted by Crippen LogP contribution is 2.36. The summed E-state index contributed by atoms with van der Waals surface area (Å²) < 4.78 is 1.11. The van der Waals surface area contributed by atoms with Gasteiger partial charge in [0, 0.05) is 6.04 Å². The lowest BCUT2D eigenvalue weighted by atomic mass is 10.2. The number of aliphatic carboxylic acids is 1. The zero-order chi connectivity index (χ0) is 17.6. The van der Waals surface area contributed by atoms with Crippen molar-refractivity contribution in [2.24, 2.45) is 0 Å². The Balaban J connectivity index is 1.63. The van der Waals surface area contributed by atoms with E-state index in [0.717, 1.165) is 32.9 Å². The highest BCUT2D eigenvalue weighted by Gasteiger charge is 2.39. The second-order valence-corrected chi connectivity index (χ2v) is 8.22. The second kappa shape index (κ2) is 6.24. The van der Waals surface area contributed by atoms with E-state index in [0.29, 0.717) is 4.88 Å². The van der Waals surface area contributed by atoms with E-state index in [9.17, 15) is 14.7 Å². The van der Waals surface area contributed by atoms with Crippen LogP contribution in [-0.2, 0) is 4.79 Å². The number of carbonyl (C=O) groups excluding carboxylic acids is 1. The molecule has 5 nitrogen and oxygen atoms in total. The van der Waals surface area contributed by atoms with Crippen molar-refractivity contribution in [2.75, 3.05) is 0 Å². The van der Waals surface area contributed by atoms with Crippen LogP contribution in [0.4, 0.5) is 0 Å². The molecule has 128 valence electrons. The van der Waals surface area contributed by atoms with Crippen molar-refractivity contribution < 1.29 is 14.7 Å². The molecule has 4 rings (SSSR count). The number of rotatable bonds is 5. The zero-order valence-electron chi connectivity index (χ0n) is 13.5. The van der Waals surface area contributed by atoms with Gasteiger partial charge < -0.3 is 10.0 Å². The Labute approximate surface area is 152 Å². The molecule has 1 saturated carbocycles. The van der Waals surface area contributed by atoms with Crippen LogP contribution >= 0.6 is 22.7 Å². The minimum atomic E-state index is -0.969. The number of amides is 1. The van der Waals surface area contributed by atoms with Gasteiger partial charge in [-0.05, 0) is 44.0 Å². The third-order valence-corrected chi connectivity index (χ3v) is 6.55. The minimum absolute atomic E-state index is 0.0478. The summed E-state index contributed by atoms with van der Waals surface area (Å²) in [6, 6.07) is 10.8. The average Bonchev–Trinajstić information content (AvgIpc) is 3.14. The van der Waals surface area contributed by atoms with Crippen LogP contribution in [0.5, 0.6) is 0 Å². The molecule has 1 atom stereocenters. The SMILES string of the molecule is CC(C(=O)O)N(C(=O)c1ccc(-c2nc3ccccc3s2)s1)C1CC1. The van der Waals surface area contributed by atoms with Gasteiger partial charge in [-0.15, -0.1) is 22.7 Å². The summed E-state index contributed by atoms with van der Waals surface area (Å²) in [4.78, 5) is 31.8. The predicted molar refractivity (Wildman–Crippen MR) is 99.2 cm³/mol. The van der Waals surface area contributed by atoms with Gasteiger partial charge in [-0.2, -0.15) is 0 Å². The molecule has 1 amide bonds. The number of benzene rings is 1. The lowest BCUT2D eigenvalue weighted by Gasteiger charge is -2.25. The van der Waals surface area contributed by atoms with Gasteiger partial charge in [0.25, 0.3) is 5.91 Å². The topological polar surface area (TPSA) is 70.5 Å². The molecule has 0 aliphatic heterocycles. The van der Waals surface area contributed by atoms with Crippen LogP contribution in [0.3, 0.4) is 0 Å². The summed E-state index contributed by atoms with van der Waals surface area (Å²) in [5.41, 5.74) is 0.947. The molecule has 1 N–H and O–H groups in total. The molecule has 3 aromatic rings. The lowest BCUT2D eigenvalue weighted by molar-refractivity contribution is -0.141. The van der Waals surface area contributed by atoms with Gasteiger partial charge in [0.1, 0.15) is 11.0 Å². The number of para-hydroxylation sites is 1. The summed E-state index contributed by atoms with van der Waals surface area (Å²) in [7, 11) is 0. The number of carbonyl (C=O) groups is 2. The van der Waals surface area contributed by atoms with Crippen LogP contribution in [0.25, 0.3) is 20.1 Å². The number of thiophene rings is 1. The van der Waals surface area contributed by atoms with Crippen molar-refractivity contribution in [1.29, 1.82) is 0 Å². The van der Waals surface area contributed by atoms with Crippen LogP contribution < -0.4 is 0 Å². The molecular weight excluding hydrogens is 356 g/mol. The number of aromatic nitrogens is 1. The maximum absolute atomic E-state index is 12.8. The highest BCUT2D eigenvalue weighted by atomic mass is 32.1. The van der Waals surface area contributed by atoms with Crippen LogP contribution in [0.15, 0.2) is 36.4 Å². The fourth-order valence-corrected chi connectivity index (χ4v) is 4.77. The Morgan fingerprint density at radius 1 is 1.20 bits per heavy atom. The Kier molecular flexibility index (Phi) is 4.05. The summed E-state index contributed by atoms with van der Waals surface area (Å²) in [5, 5.41) is 10.2. The maximum atomic E-state index is 12.8. The Morgan fingerprint density at radius 3 is 2.64 bits per heavy atom. The van der Waals surface area contributed by atoms with Crippen LogP contribution in [0.1, 0.15) is 29.4 Å². The Bertz CT molecular complexity index is 925. The summed E-state index contributed by atoms with van der Waals surface area (Å²) in [6.07, 6.45) is 1.75. The normalized spacial score (nSPS) is 15.2. The summed E-state index contributed by atoms with van der Waals surface area (Å²) in [5.74, 6) is -1.17. The molecule has 1 fully saturated rings. The van der Waals surface area contributed by atoms with Crippen LogP contribution in [-0.4, -0.2) is 39.0 Å². The first-order chi connectivity index (χ1) is 12.0. The smallest absolute Gasteiger partial charge is 0.326 e. The fraction of sp³-hybridized carbons (Fsp3) is 0.278. The number of thiazole rings is 1. The van der Waals surface area contributed by atoms with E-state index < -0.39 is 12.0 Å². The van der Waals surface area contributed by atoms with Crippen molar-refractivity contribution in [3.8, 4) is 9.88 Å². The van der Waals surface area contributed by atoms with Crippen molar-refractivity contribution in [3.63, 3.8) is 0 Å². The average molecular weight is 372 g/mol. The Morgan fingerprint density at radius 2 is 1.96 bits per heavy atom. The van der Waals surface area contributed by atoms with Crippen molar-refractivity contribution in [1.82, 2.24) is 9.88 Å². The van der Waals surface area contributed by atoms with E-state index in [1.54, 1.807) is 24.3 Å². The molecule has 2 heterocycles. The summed E-state index contributed by atoms with van der Waals surface area (Å²) >= 11 is 2.97. The van der Waals surface area contributed by atoms with Crippen molar-refractivity contribution in [3.05, 3.63) is 41.3 Å². The number of carboxylic acid groups (broad SMARTS) is 1. The second-order valence-electron chi connectivity index (χ2n) is 6.11. The van der Waals surface area contributed by atoms with Crippen LogP contribution in [0.2, 0.25) is 0 Å². The molecule has 1 unspecified atom stereocenters. The van der Waals surface area contributed by atoms with E-state index in [-0.39, 0.29) is 11.9 Å². The maximum Gasteiger partial charge on any atom is 0.326 e. The minimum Gasteiger partial charge on any atom is -0.480 e. The van der Waals surface area contributed by atoms with Crippen LogP contribution in [0, 0.1) is 0 Å². The largest absolute Gasteiger partial charge is 0.480 e. The monoisotopic (exact) mass is 372 g/mol. The third kappa shape index (κ3) is 3.05. The van der Waals surface area contributed by atoms with E-state index in [1.807, 2.05) is 30.3 Å². The van der Waals surface area contributed by atoms with E-state index in [1.165, 1.54) is 16.2 Å². The molecule has 0 radical (unpaired) electrons. The third-order valence-electron chi connectivity index (χ3n) is 4.27. The van der Waals surface area contributed by atoms with E-state index >= 15 is 0 Å². The highest BCUT2D eigenvalue weighted by molar-refractivity contribution is 7.26.